The SMILES string of the molecule is CCCn1nc(CC)nc1Cc1ccc(-c2ccccc2C(=O)O)cn1. The molecule has 6 heteroatoms. The molecule has 3 rings (SSSR count). The topological polar surface area (TPSA) is 80.9 Å². The Labute approximate surface area is 152 Å². The molecule has 0 saturated carbocycles. The number of carboxylic acids is 1. The van der Waals surface area contributed by atoms with Crippen molar-refractivity contribution in [3.8, 4) is 11.1 Å². The van der Waals surface area contributed by atoms with Crippen molar-refractivity contribution in [3.05, 3.63) is 65.5 Å². The number of aryl methyl sites for hydroxylation is 2. The summed E-state index contributed by atoms with van der Waals surface area (Å²) < 4.78 is 1.95. The van der Waals surface area contributed by atoms with Crippen LogP contribution in [0.25, 0.3) is 11.1 Å². The average molecular weight is 350 g/mol. The summed E-state index contributed by atoms with van der Waals surface area (Å²) in [5.74, 6) is 0.819. The van der Waals surface area contributed by atoms with Crippen LogP contribution in [0.1, 0.15) is 48.0 Å². The van der Waals surface area contributed by atoms with Crippen molar-refractivity contribution < 1.29 is 9.90 Å². The molecule has 0 atom stereocenters. The molecule has 1 N–H and O–H groups in total. The van der Waals surface area contributed by atoms with Crippen LogP contribution in [0.5, 0.6) is 0 Å². The van der Waals surface area contributed by atoms with Crippen LogP contribution >= 0.6 is 0 Å². The van der Waals surface area contributed by atoms with Gasteiger partial charge in [-0.05, 0) is 24.1 Å². The van der Waals surface area contributed by atoms with Crippen LogP contribution in [-0.4, -0.2) is 30.8 Å². The molecule has 0 amide bonds. The second-order valence-electron chi connectivity index (χ2n) is 6.09. The number of aromatic nitrogens is 4. The molecule has 0 aliphatic rings. The van der Waals surface area contributed by atoms with E-state index in [1.807, 2.05) is 29.8 Å². The highest BCUT2D eigenvalue weighted by Gasteiger charge is 2.13. The van der Waals surface area contributed by atoms with E-state index in [4.69, 9.17) is 0 Å². The minimum Gasteiger partial charge on any atom is -0.478 e. The molecule has 2 heterocycles. The van der Waals surface area contributed by atoms with E-state index < -0.39 is 5.97 Å². The van der Waals surface area contributed by atoms with E-state index in [1.165, 1.54) is 0 Å². The number of aromatic carboxylic acids is 1. The average Bonchev–Trinajstić information content (AvgIpc) is 3.04. The number of hydrogen-bond donors (Lipinski definition) is 1. The summed E-state index contributed by atoms with van der Waals surface area (Å²) in [6.07, 6.45) is 4.13. The number of benzene rings is 1. The molecule has 0 radical (unpaired) electrons. The molecule has 0 bridgehead atoms. The molecule has 0 fully saturated rings. The molecule has 3 aromatic rings. The lowest BCUT2D eigenvalue weighted by Gasteiger charge is -2.07. The van der Waals surface area contributed by atoms with Gasteiger partial charge in [-0.1, -0.05) is 38.1 Å². The summed E-state index contributed by atoms with van der Waals surface area (Å²) in [7, 11) is 0. The third kappa shape index (κ3) is 3.79. The van der Waals surface area contributed by atoms with Gasteiger partial charge in [0.25, 0.3) is 0 Å². The van der Waals surface area contributed by atoms with Crippen LogP contribution in [0, 0.1) is 0 Å². The lowest BCUT2D eigenvalue weighted by molar-refractivity contribution is 0.0697. The highest BCUT2D eigenvalue weighted by atomic mass is 16.4. The molecular weight excluding hydrogens is 328 g/mol. The summed E-state index contributed by atoms with van der Waals surface area (Å²) in [6, 6.07) is 10.8. The predicted octanol–water partition coefficient (Wildman–Crippen LogP) is 3.60. The van der Waals surface area contributed by atoms with Gasteiger partial charge in [0.1, 0.15) is 5.82 Å². The lowest BCUT2D eigenvalue weighted by Crippen LogP contribution is -2.07. The van der Waals surface area contributed by atoms with Gasteiger partial charge in [-0.25, -0.2) is 14.5 Å². The zero-order chi connectivity index (χ0) is 18.5. The van der Waals surface area contributed by atoms with Crippen molar-refractivity contribution in [3.63, 3.8) is 0 Å². The molecule has 1 aromatic carbocycles. The minimum absolute atomic E-state index is 0.275. The third-order valence-corrected chi connectivity index (χ3v) is 4.18. The quantitative estimate of drug-likeness (QED) is 0.704. The van der Waals surface area contributed by atoms with Gasteiger partial charge in [-0.15, -0.1) is 0 Å². The van der Waals surface area contributed by atoms with E-state index in [0.717, 1.165) is 42.3 Å². The van der Waals surface area contributed by atoms with Crippen LogP contribution in [0.2, 0.25) is 0 Å². The largest absolute Gasteiger partial charge is 0.478 e. The Kier molecular flexibility index (Phi) is 5.41. The van der Waals surface area contributed by atoms with Crippen LogP contribution in [0.15, 0.2) is 42.6 Å². The number of rotatable bonds is 7. The summed E-state index contributed by atoms with van der Waals surface area (Å²) in [5.41, 5.74) is 2.61. The molecule has 6 nitrogen and oxygen atoms in total. The first-order chi connectivity index (χ1) is 12.6. The van der Waals surface area contributed by atoms with Gasteiger partial charge in [0.05, 0.1) is 5.56 Å². The molecule has 0 spiro atoms. The monoisotopic (exact) mass is 350 g/mol. The second-order valence-corrected chi connectivity index (χ2v) is 6.09. The molecule has 2 aromatic heterocycles. The van der Waals surface area contributed by atoms with Crippen LogP contribution in [0.4, 0.5) is 0 Å². The first kappa shape index (κ1) is 17.8. The van der Waals surface area contributed by atoms with Gasteiger partial charge in [0, 0.05) is 36.8 Å². The Balaban J connectivity index is 1.85. The highest BCUT2D eigenvalue weighted by Crippen LogP contribution is 2.23. The van der Waals surface area contributed by atoms with Gasteiger partial charge in [-0.3, -0.25) is 4.98 Å². The number of nitrogens with zero attached hydrogens (tertiary/aromatic N) is 4. The van der Waals surface area contributed by atoms with Crippen molar-refractivity contribution in [1.29, 1.82) is 0 Å². The normalized spacial score (nSPS) is 10.8. The fourth-order valence-electron chi connectivity index (χ4n) is 2.87. The van der Waals surface area contributed by atoms with E-state index in [9.17, 15) is 9.90 Å². The molecule has 0 aliphatic carbocycles. The summed E-state index contributed by atoms with van der Waals surface area (Å²) in [5, 5.41) is 13.9. The van der Waals surface area contributed by atoms with Crippen molar-refractivity contribution in [2.75, 3.05) is 0 Å². The molecule has 26 heavy (non-hydrogen) atoms. The van der Waals surface area contributed by atoms with E-state index in [1.54, 1.807) is 24.4 Å². The Bertz CT molecular complexity index is 900. The van der Waals surface area contributed by atoms with Crippen LogP contribution in [-0.2, 0) is 19.4 Å². The van der Waals surface area contributed by atoms with Crippen LogP contribution in [0.3, 0.4) is 0 Å². The summed E-state index contributed by atoms with van der Waals surface area (Å²) >= 11 is 0. The standard InChI is InChI=1S/C20H22N4O2/c1-3-11-24-19(22-18(4-2)23-24)12-15-10-9-14(13-21-15)16-7-5-6-8-17(16)20(25)26/h5-10,13H,3-4,11-12H2,1-2H3,(H,25,26). The van der Waals surface area contributed by atoms with Crippen molar-refractivity contribution in [2.24, 2.45) is 0 Å². The number of hydrogen-bond acceptors (Lipinski definition) is 4. The Morgan fingerprint density at radius 1 is 1.15 bits per heavy atom. The maximum atomic E-state index is 11.4. The molecule has 0 aliphatic heterocycles. The fourth-order valence-corrected chi connectivity index (χ4v) is 2.87. The first-order valence-corrected chi connectivity index (χ1v) is 8.82. The van der Waals surface area contributed by atoms with Gasteiger partial charge >= 0.3 is 5.97 Å². The van der Waals surface area contributed by atoms with Crippen molar-refractivity contribution >= 4 is 5.97 Å². The maximum absolute atomic E-state index is 11.4. The summed E-state index contributed by atoms with van der Waals surface area (Å²) in [6.45, 7) is 5.00. The Hall–Kier alpha value is -3.02. The molecule has 0 saturated heterocycles. The fraction of sp³-hybridized carbons (Fsp3) is 0.300. The lowest BCUT2D eigenvalue weighted by atomic mass is 10.0. The maximum Gasteiger partial charge on any atom is 0.336 e. The van der Waals surface area contributed by atoms with E-state index >= 15 is 0 Å². The van der Waals surface area contributed by atoms with Crippen molar-refractivity contribution in [2.45, 2.75) is 39.7 Å². The summed E-state index contributed by atoms with van der Waals surface area (Å²) in [4.78, 5) is 20.5. The van der Waals surface area contributed by atoms with E-state index in [0.29, 0.717) is 12.0 Å². The van der Waals surface area contributed by atoms with E-state index in [-0.39, 0.29) is 5.56 Å². The van der Waals surface area contributed by atoms with Gasteiger partial charge in [0.15, 0.2) is 5.82 Å². The smallest absolute Gasteiger partial charge is 0.336 e. The zero-order valence-corrected chi connectivity index (χ0v) is 15.0. The third-order valence-electron chi connectivity index (χ3n) is 4.18. The minimum atomic E-state index is -0.940. The number of pyridine rings is 1. The number of carboxylic acid groups (broad SMARTS) is 1. The molecular formula is C20H22N4O2. The van der Waals surface area contributed by atoms with Gasteiger partial charge in [-0.2, -0.15) is 5.10 Å². The molecule has 134 valence electrons. The van der Waals surface area contributed by atoms with E-state index in [2.05, 4.69) is 22.0 Å². The Morgan fingerprint density at radius 2 is 1.96 bits per heavy atom. The molecule has 0 unspecified atom stereocenters. The highest BCUT2D eigenvalue weighted by molar-refractivity contribution is 5.95. The predicted molar refractivity (Wildman–Crippen MR) is 99.1 cm³/mol. The Morgan fingerprint density at radius 3 is 2.62 bits per heavy atom. The van der Waals surface area contributed by atoms with Crippen molar-refractivity contribution in [1.82, 2.24) is 19.7 Å². The number of carbonyl (C=O) groups is 1. The zero-order valence-electron chi connectivity index (χ0n) is 15.0. The van der Waals surface area contributed by atoms with Gasteiger partial charge in [0.2, 0.25) is 0 Å². The second kappa shape index (κ2) is 7.91. The first-order valence-electron chi connectivity index (χ1n) is 8.82. The van der Waals surface area contributed by atoms with Crippen LogP contribution < -0.4 is 0 Å². The van der Waals surface area contributed by atoms with Gasteiger partial charge < -0.3 is 5.11 Å².